The first-order valence-corrected chi connectivity index (χ1v) is 6.27. The Morgan fingerprint density at radius 3 is 2.40 bits per heavy atom. The molecular formula is C8H15OSi. The monoisotopic (exact) mass is 155 g/mol. The van der Waals surface area contributed by atoms with E-state index in [0.29, 0.717) is 0 Å². The molecule has 1 nitrogen and oxygen atoms in total. The molecule has 0 saturated carbocycles. The minimum absolute atomic E-state index is 0.508. The molecule has 0 atom stereocenters. The number of allylic oxidation sites excluding steroid dienone is 2. The Hall–Kier alpha value is -0.243. The van der Waals surface area contributed by atoms with Gasteiger partial charge in [0.15, 0.2) is 0 Å². The minimum atomic E-state index is -0.508. The zero-order chi connectivity index (χ0) is 7.56. The Morgan fingerprint density at radius 1 is 1.30 bits per heavy atom. The Morgan fingerprint density at radius 2 is 2.00 bits per heavy atom. The maximum Gasteiger partial charge on any atom is 0.273 e. The number of hydrogen-bond donors (Lipinski definition) is 0. The van der Waals surface area contributed by atoms with Gasteiger partial charge in [-0.2, -0.15) is 0 Å². The Balaban J connectivity index is 2.46. The summed E-state index contributed by atoms with van der Waals surface area (Å²) in [6.45, 7) is 6.56. The van der Waals surface area contributed by atoms with Crippen LogP contribution in [0, 0.1) is 0 Å². The standard InChI is InChI=1S/C8H15OSi/c1-7-5-4-6-8(7)9-10(2)3/h4-6H2,1-3H3. The van der Waals surface area contributed by atoms with Gasteiger partial charge in [-0.15, -0.1) is 0 Å². The quantitative estimate of drug-likeness (QED) is 0.557. The molecule has 0 saturated heterocycles. The van der Waals surface area contributed by atoms with Gasteiger partial charge in [0, 0.05) is 6.42 Å². The van der Waals surface area contributed by atoms with E-state index in [9.17, 15) is 0 Å². The minimum Gasteiger partial charge on any atom is -0.546 e. The molecule has 1 aliphatic rings. The maximum absolute atomic E-state index is 5.70. The van der Waals surface area contributed by atoms with E-state index in [4.69, 9.17) is 4.43 Å². The lowest BCUT2D eigenvalue weighted by molar-refractivity contribution is 0.422. The van der Waals surface area contributed by atoms with Gasteiger partial charge in [-0.25, -0.2) is 0 Å². The van der Waals surface area contributed by atoms with E-state index in [1.807, 2.05) is 0 Å². The molecule has 0 fully saturated rings. The summed E-state index contributed by atoms with van der Waals surface area (Å²) in [5.41, 5.74) is 1.48. The van der Waals surface area contributed by atoms with Crippen molar-refractivity contribution >= 4 is 9.04 Å². The van der Waals surface area contributed by atoms with Crippen LogP contribution in [0.5, 0.6) is 0 Å². The predicted octanol–water partition coefficient (Wildman–Crippen LogP) is 2.71. The summed E-state index contributed by atoms with van der Waals surface area (Å²) in [4.78, 5) is 0. The smallest absolute Gasteiger partial charge is 0.273 e. The van der Waals surface area contributed by atoms with E-state index in [0.717, 1.165) is 0 Å². The van der Waals surface area contributed by atoms with Gasteiger partial charge in [-0.1, -0.05) is 0 Å². The topological polar surface area (TPSA) is 9.23 Å². The second-order valence-corrected chi connectivity index (χ2v) is 5.09. The lowest BCUT2D eigenvalue weighted by atomic mass is 10.3. The molecule has 0 bridgehead atoms. The zero-order valence-corrected chi connectivity index (χ0v) is 8.03. The third-order valence-corrected chi connectivity index (χ3v) is 2.41. The molecule has 0 N–H and O–H groups in total. The van der Waals surface area contributed by atoms with Crippen LogP contribution in [-0.2, 0) is 4.43 Å². The molecule has 0 unspecified atom stereocenters. The van der Waals surface area contributed by atoms with Crippen molar-refractivity contribution in [3.63, 3.8) is 0 Å². The summed E-state index contributed by atoms with van der Waals surface area (Å²) in [5.74, 6) is 1.29. The first-order chi connectivity index (χ1) is 4.70. The van der Waals surface area contributed by atoms with Gasteiger partial charge in [0.25, 0.3) is 9.04 Å². The van der Waals surface area contributed by atoms with Crippen molar-refractivity contribution in [2.24, 2.45) is 0 Å². The van der Waals surface area contributed by atoms with Crippen molar-refractivity contribution in [1.29, 1.82) is 0 Å². The molecule has 10 heavy (non-hydrogen) atoms. The SMILES string of the molecule is CC1=C(O[Si](C)C)CCC1. The van der Waals surface area contributed by atoms with Gasteiger partial charge >= 0.3 is 0 Å². The molecular weight excluding hydrogens is 140 g/mol. The van der Waals surface area contributed by atoms with E-state index in [1.54, 1.807) is 0 Å². The largest absolute Gasteiger partial charge is 0.546 e. The van der Waals surface area contributed by atoms with Crippen LogP contribution in [0.25, 0.3) is 0 Å². The summed E-state index contributed by atoms with van der Waals surface area (Å²) in [5, 5.41) is 0. The second-order valence-electron chi connectivity index (χ2n) is 3.07. The molecule has 0 aromatic carbocycles. The second kappa shape index (κ2) is 3.24. The zero-order valence-electron chi connectivity index (χ0n) is 7.03. The van der Waals surface area contributed by atoms with Crippen LogP contribution in [0.1, 0.15) is 26.2 Å². The van der Waals surface area contributed by atoms with Crippen LogP contribution in [0.2, 0.25) is 13.1 Å². The van der Waals surface area contributed by atoms with Crippen molar-refractivity contribution in [3.05, 3.63) is 11.3 Å². The lowest BCUT2D eigenvalue weighted by Gasteiger charge is -2.09. The fourth-order valence-corrected chi connectivity index (χ4v) is 2.02. The van der Waals surface area contributed by atoms with Crippen molar-refractivity contribution in [3.8, 4) is 0 Å². The van der Waals surface area contributed by atoms with Crippen LogP contribution in [0.15, 0.2) is 11.3 Å². The fourth-order valence-electron chi connectivity index (χ4n) is 1.25. The normalized spacial score (nSPS) is 18.8. The molecule has 0 amide bonds. The summed E-state index contributed by atoms with van der Waals surface area (Å²) >= 11 is 0. The van der Waals surface area contributed by atoms with Crippen molar-refractivity contribution in [1.82, 2.24) is 0 Å². The van der Waals surface area contributed by atoms with E-state index in [-0.39, 0.29) is 0 Å². The highest BCUT2D eigenvalue weighted by atomic mass is 28.3. The molecule has 0 aliphatic heterocycles. The summed E-state index contributed by atoms with van der Waals surface area (Å²) < 4.78 is 5.70. The summed E-state index contributed by atoms with van der Waals surface area (Å²) in [6, 6.07) is 0. The Labute approximate surface area is 64.8 Å². The molecule has 0 spiro atoms. The van der Waals surface area contributed by atoms with Gasteiger partial charge in [0.1, 0.15) is 0 Å². The molecule has 2 heteroatoms. The van der Waals surface area contributed by atoms with Gasteiger partial charge in [0.2, 0.25) is 0 Å². The molecule has 57 valence electrons. The molecule has 1 radical (unpaired) electrons. The lowest BCUT2D eigenvalue weighted by Crippen LogP contribution is -2.06. The van der Waals surface area contributed by atoms with Gasteiger partial charge in [0.05, 0.1) is 5.76 Å². The first kappa shape index (κ1) is 7.86. The Bertz CT molecular complexity index is 149. The average molecular weight is 155 g/mol. The third-order valence-electron chi connectivity index (χ3n) is 1.76. The maximum atomic E-state index is 5.70. The van der Waals surface area contributed by atoms with Gasteiger partial charge in [-0.3, -0.25) is 0 Å². The summed E-state index contributed by atoms with van der Waals surface area (Å²) in [6.07, 6.45) is 3.74. The highest BCUT2D eigenvalue weighted by Crippen LogP contribution is 2.26. The van der Waals surface area contributed by atoms with Crippen molar-refractivity contribution in [2.45, 2.75) is 39.3 Å². The Kier molecular flexibility index (Phi) is 2.54. The van der Waals surface area contributed by atoms with Crippen LogP contribution >= 0.6 is 0 Å². The van der Waals surface area contributed by atoms with E-state index in [1.165, 1.54) is 30.6 Å². The van der Waals surface area contributed by atoms with E-state index in [2.05, 4.69) is 20.0 Å². The van der Waals surface area contributed by atoms with Crippen LogP contribution in [0.3, 0.4) is 0 Å². The van der Waals surface area contributed by atoms with Crippen LogP contribution < -0.4 is 0 Å². The molecule has 0 heterocycles. The van der Waals surface area contributed by atoms with Crippen molar-refractivity contribution < 1.29 is 4.43 Å². The van der Waals surface area contributed by atoms with E-state index < -0.39 is 9.04 Å². The molecule has 0 aromatic heterocycles. The highest BCUT2D eigenvalue weighted by molar-refractivity contribution is 6.48. The molecule has 1 rings (SSSR count). The van der Waals surface area contributed by atoms with E-state index >= 15 is 0 Å². The average Bonchev–Trinajstić information content (AvgIpc) is 2.15. The highest BCUT2D eigenvalue weighted by Gasteiger charge is 2.12. The number of rotatable bonds is 2. The summed E-state index contributed by atoms with van der Waals surface area (Å²) in [7, 11) is -0.508. The third kappa shape index (κ3) is 1.87. The first-order valence-electron chi connectivity index (χ1n) is 3.87. The van der Waals surface area contributed by atoms with Crippen LogP contribution in [0.4, 0.5) is 0 Å². The van der Waals surface area contributed by atoms with Gasteiger partial charge in [-0.05, 0) is 38.4 Å². The molecule has 1 aliphatic carbocycles. The fraction of sp³-hybridized carbons (Fsp3) is 0.750. The molecule has 0 aromatic rings. The van der Waals surface area contributed by atoms with Crippen LogP contribution in [-0.4, -0.2) is 9.04 Å². The number of hydrogen-bond acceptors (Lipinski definition) is 1. The van der Waals surface area contributed by atoms with Gasteiger partial charge < -0.3 is 4.43 Å². The predicted molar refractivity (Wildman–Crippen MR) is 45.1 cm³/mol. The van der Waals surface area contributed by atoms with Crippen molar-refractivity contribution in [2.75, 3.05) is 0 Å².